The largest absolute Gasteiger partial charge is 0.493 e. The topological polar surface area (TPSA) is 97.6 Å². The number of nitrogens with zero attached hydrogens (tertiary/aromatic N) is 1. The molecule has 134 valence electrons. The summed E-state index contributed by atoms with van der Waals surface area (Å²) in [7, 11) is 2.92. The van der Waals surface area contributed by atoms with Gasteiger partial charge < -0.3 is 19.5 Å². The van der Waals surface area contributed by atoms with Crippen LogP contribution in [0.2, 0.25) is 0 Å². The van der Waals surface area contributed by atoms with Crippen LogP contribution in [-0.4, -0.2) is 32.7 Å². The van der Waals surface area contributed by atoms with E-state index in [1.54, 1.807) is 6.07 Å². The second-order valence-corrected chi connectivity index (χ2v) is 5.81. The Kier molecular flexibility index (Phi) is 6.63. The second kappa shape index (κ2) is 8.92. The molecule has 1 saturated carbocycles. The van der Waals surface area contributed by atoms with Crippen molar-refractivity contribution in [1.29, 1.82) is 5.26 Å². The minimum atomic E-state index is -0.707. The number of nitriles is 1. The third-order valence-corrected chi connectivity index (χ3v) is 4.25. The number of anilines is 1. The molecule has 7 heteroatoms. The molecule has 1 N–H and O–H groups in total. The number of carbonyl (C=O) groups excluding carboxylic acids is 2. The van der Waals surface area contributed by atoms with Gasteiger partial charge in [0.25, 0.3) is 0 Å². The molecular weight excluding hydrogens is 324 g/mol. The first-order chi connectivity index (χ1) is 12.1. The lowest BCUT2D eigenvalue weighted by Gasteiger charge is -2.22. The average Bonchev–Trinajstić information content (AvgIpc) is 2.66. The van der Waals surface area contributed by atoms with Gasteiger partial charge in [-0.2, -0.15) is 5.26 Å². The highest BCUT2D eigenvalue weighted by atomic mass is 16.5. The SMILES string of the molecule is COc1cc(NC(=O)C2CCCCC2)c(C(=O)OCC#N)cc1OC. The normalized spacial score (nSPS) is 14.3. The molecule has 1 fully saturated rings. The lowest BCUT2D eigenvalue weighted by molar-refractivity contribution is -0.120. The molecule has 0 atom stereocenters. The van der Waals surface area contributed by atoms with E-state index in [0.29, 0.717) is 11.5 Å². The number of amides is 1. The van der Waals surface area contributed by atoms with Crippen molar-refractivity contribution in [3.8, 4) is 17.6 Å². The Hall–Kier alpha value is -2.75. The standard InChI is InChI=1S/C18H22N2O5/c1-23-15-10-13(18(22)25-9-8-19)14(11-16(15)24-2)20-17(21)12-6-4-3-5-7-12/h10-12H,3-7,9H2,1-2H3,(H,20,21). The molecule has 0 bridgehead atoms. The smallest absolute Gasteiger partial charge is 0.341 e. The van der Waals surface area contributed by atoms with Gasteiger partial charge >= 0.3 is 5.97 Å². The molecule has 25 heavy (non-hydrogen) atoms. The Morgan fingerprint density at radius 2 is 1.80 bits per heavy atom. The summed E-state index contributed by atoms with van der Waals surface area (Å²) in [4.78, 5) is 24.8. The molecule has 0 radical (unpaired) electrons. The summed E-state index contributed by atoms with van der Waals surface area (Å²) in [5.41, 5.74) is 0.410. The number of methoxy groups -OCH3 is 2. The van der Waals surface area contributed by atoms with Gasteiger partial charge in [-0.25, -0.2) is 4.79 Å². The highest BCUT2D eigenvalue weighted by Crippen LogP contribution is 2.34. The molecule has 1 aromatic rings. The van der Waals surface area contributed by atoms with Gasteiger partial charge in [0, 0.05) is 18.1 Å². The average molecular weight is 346 g/mol. The molecule has 7 nitrogen and oxygen atoms in total. The number of hydrogen-bond donors (Lipinski definition) is 1. The number of ether oxygens (including phenoxy) is 3. The van der Waals surface area contributed by atoms with Crippen molar-refractivity contribution >= 4 is 17.6 Å². The number of rotatable bonds is 6. The van der Waals surface area contributed by atoms with Crippen LogP contribution in [0.25, 0.3) is 0 Å². The van der Waals surface area contributed by atoms with Gasteiger partial charge in [-0.1, -0.05) is 19.3 Å². The van der Waals surface area contributed by atoms with Gasteiger partial charge in [0.1, 0.15) is 6.07 Å². The monoisotopic (exact) mass is 346 g/mol. The number of esters is 1. The molecule has 1 aromatic carbocycles. The predicted molar refractivity (Wildman–Crippen MR) is 90.6 cm³/mol. The summed E-state index contributed by atoms with van der Waals surface area (Å²) >= 11 is 0. The maximum absolute atomic E-state index is 12.5. The quantitative estimate of drug-likeness (QED) is 0.795. The Bertz CT molecular complexity index is 675. The fourth-order valence-electron chi connectivity index (χ4n) is 2.93. The zero-order valence-corrected chi connectivity index (χ0v) is 14.5. The summed E-state index contributed by atoms with van der Waals surface area (Å²) in [6.07, 6.45) is 4.88. The van der Waals surface area contributed by atoms with Crippen molar-refractivity contribution in [3.05, 3.63) is 17.7 Å². The maximum Gasteiger partial charge on any atom is 0.341 e. The minimum Gasteiger partial charge on any atom is -0.493 e. The predicted octanol–water partition coefficient (Wildman–Crippen LogP) is 2.90. The maximum atomic E-state index is 12.5. The molecule has 0 aliphatic heterocycles. The van der Waals surface area contributed by atoms with Crippen LogP contribution in [0.1, 0.15) is 42.5 Å². The van der Waals surface area contributed by atoms with Crippen LogP contribution >= 0.6 is 0 Å². The number of benzene rings is 1. The first-order valence-corrected chi connectivity index (χ1v) is 8.21. The highest BCUT2D eigenvalue weighted by molar-refractivity contribution is 6.02. The molecule has 1 aliphatic carbocycles. The number of nitrogens with one attached hydrogen (secondary N) is 1. The molecule has 0 spiro atoms. The highest BCUT2D eigenvalue weighted by Gasteiger charge is 2.24. The Labute approximate surface area is 146 Å². The van der Waals surface area contributed by atoms with Crippen LogP contribution in [0, 0.1) is 17.2 Å². The fraction of sp³-hybridized carbons (Fsp3) is 0.500. The number of hydrogen-bond acceptors (Lipinski definition) is 6. The van der Waals surface area contributed by atoms with E-state index in [1.807, 2.05) is 0 Å². The van der Waals surface area contributed by atoms with E-state index < -0.39 is 5.97 Å². The summed E-state index contributed by atoms with van der Waals surface area (Å²) < 4.78 is 15.3. The fourth-order valence-corrected chi connectivity index (χ4v) is 2.93. The van der Waals surface area contributed by atoms with Crippen molar-refractivity contribution < 1.29 is 23.8 Å². The van der Waals surface area contributed by atoms with E-state index >= 15 is 0 Å². The van der Waals surface area contributed by atoms with Crippen LogP contribution in [-0.2, 0) is 9.53 Å². The lowest BCUT2D eigenvalue weighted by Crippen LogP contribution is -2.26. The van der Waals surface area contributed by atoms with Crippen LogP contribution < -0.4 is 14.8 Å². The Morgan fingerprint density at radius 3 is 2.40 bits per heavy atom. The zero-order valence-electron chi connectivity index (χ0n) is 14.5. The molecule has 1 aliphatic rings. The van der Waals surface area contributed by atoms with E-state index in [9.17, 15) is 9.59 Å². The summed E-state index contributed by atoms with van der Waals surface area (Å²) in [5.74, 6) is -0.173. The van der Waals surface area contributed by atoms with Gasteiger partial charge in [-0.15, -0.1) is 0 Å². The van der Waals surface area contributed by atoms with E-state index in [0.717, 1.165) is 32.1 Å². The van der Waals surface area contributed by atoms with Gasteiger partial charge in [0.15, 0.2) is 18.1 Å². The van der Waals surface area contributed by atoms with Gasteiger partial charge in [0.2, 0.25) is 5.91 Å². The van der Waals surface area contributed by atoms with Gasteiger partial charge in [-0.05, 0) is 12.8 Å². The molecule has 1 amide bonds. The van der Waals surface area contributed by atoms with E-state index in [2.05, 4.69) is 5.32 Å². The molecule has 0 unspecified atom stereocenters. The lowest BCUT2D eigenvalue weighted by atomic mass is 9.88. The Morgan fingerprint density at radius 1 is 1.16 bits per heavy atom. The summed E-state index contributed by atoms with van der Waals surface area (Å²) in [6.45, 7) is -0.372. The first-order valence-electron chi connectivity index (χ1n) is 8.21. The van der Waals surface area contributed by atoms with Crippen LogP contribution in [0.5, 0.6) is 11.5 Å². The molecular formula is C18H22N2O5. The van der Waals surface area contributed by atoms with Crippen molar-refractivity contribution in [3.63, 3.8) is 0 Å². The van der Waals surface area contributed by atoms with Crippen LogP contribution in [0.15, 0.2) is 12.1 Å². The molecule has 0 aromatic heterocycles. The first kappa shape index (κ1) is 18.6. The van der Waals surface area contributed by atoms with Gasteiger partial charge in [-0.3, -0.25) is 4.79 Å². The third kappa shape index (κ3) is 4.63. The van der Waals surface area contributed by atoms with E-state index in [4.69, 9.17) is 19.5 Å². The van der Waals surface area contributed by atoms with Gasteiger partial charge in [0.05, 0.1) is 25.5 Å². The molecule has 0 heterocycles. The van der Waals surface area contributed by atoms with Crippen molar-refractivity contribution in [2.75, 3.05) is 26.1 Å². The van der Waals surface area contributed by atoms with Crippen molar-refractivity contribution in [2.24, 2.45) is 5.92 Å². The van der Waals surface area contributed by atoms with E-state index in [-0.39, 0.29) is 29.7 Å². The van der Waals surface area contributed by atoms with E-state index in [1.165, 1.54) is 26.4 Å². The zero-order chi connectivity index (χ0) is 18.2. The van der Waals surface area contributed by atoms with Crippen LogP contribution in [0.4, 0.5) is 5.69 Å². The number of carbonyl (C=O) groups is 2. The summed E-state index contributed by atoms with van der Waals surface area (Å²) in [5, 5.41) is 11.4. The van der Waals surface area contributed by atoms with Crippen LogP contribution in [0.3, 0.4) is 0 Å². The van der Waals surface area contributed by atoms with Crippen molar-refractivity contribution in [2.45, 2.75) is 32.1 Å². The molecule has 2 rings (SSSR count). The Balaban J connectivity index is 2.30. The summed E-state index contributed by atoms with van der Waals surface area (Å²) in [6, 6.07) is 4.71. The molecule has 0 saturated heterocycles. The minimum absolute atomic E-state index is 0.0650. The third-order valence-electron chi connectivity index (χ3n) is 4.25. The second-order valence-electron chi connectivity index (χ2n) is 5.81. The van der Waals surface area contributed by atoms with Crippen molar-refractivity contribution in [1.82, 2.24) is 0 Å².